The zero-order chi connectivity index (χ0) is 14.5. The fourth-order valence-electron chi connectivity index (χ4n) is 2.17. The lowest BCUT2D eigenvalue weighted by Crippen LogP contribution is -2.49. The number of aliphatic hydroxyl groups is 1. The Morgan fingerprint density at radius 3 is 2.65 bits per heavy atom. The van der Waals surface area contributed by atoms with E-state index < -0.39 is 6.61 Å². The second-order valence-electron chi connectivity index (χ2n) is 4.36. The number of nitrogens with zero attached hydrogens (tertiary/aromatic N) is 3. The van der Waals surface area contributed by atoms with Gasteiger partial charge in [0.05, 0.1) is 16.5 Å². The van der Waals surface area contributed by atoms with E-state index in [1.54, 1.807) is 17.0 Å². The van der Waals surface area contributed by atoms with Crippen molar-refractivity contribution in [1.29, 1.82) is 0 Å². The van der Waals surface area contributed by atoms with Crippen LogP contribution in [0, 0.1) is 5.82 Å². The van der Waals surface area contributed by atoms with Crippen molar-refractivity contribution in [2.75, 3.05) is 37.7 Å². The summed E-state index contributed by atoms with van der Waals surface area (Å²) in [5.41, 5.74) is 0.903. The summed E-state index contributed by atoms with van der Waals surface area (Å²) in [5, 5.41) is 11.0. The molecule has 7 heteroatoms. The lowest BCUT2D eigenvalue weighted by atomic mass is 10.2. The summed E-state index contributed by atoms with van der Waals surface area (Å²) in [6.07, 6.45) is 0. The summed E-state index contributed by atoms with van der Waals surface area (Å²) in [5.74, 6) is -0.672. The van der Waals surface area contributed by atoms with Gasteiger partial charge < -0.3 is 14.9 Å². The molecular weight excluding hydrogens is 281 g/mol. The van der Waals surface area contributed by atoms with Gasteiger partial charge in [-0.25, -0.2) is 4.39 Å². The molecule has 5 nitrogen and oxygen atoms in total. The molecular formula is C13H14FN3O2S. The smallest absolute Gasteiger partial charge is 0.248 e. The van der Waals surface area contributed by atoms with Crippen molar-refractivity contribution >= 4 is 34.7 Å². The molecule has 20 heavy (non-hydrogen) atoms. The standard InChI is InChI=1S/C13H14FN3O2S/c14-11-7-10(15-9-20)1-2-12(11)16-3-5-17(6-4-16)13(19)8-18/h1-2,7,18H,3-6,8H2. The molecule has 0 atom stereocenters. The number of anilines is 1. The number of rotatable bonds is 3. The van der Waals surface area contributed by atoms with Gasteiger partial charge in [0.25, 0.3) is 0 Å². The third-order valence-electron chi connectivity index (χ3n) is 3.21. The summed E-state index contributed by atoms with van der Waals surface area (Å²) in [6, 6.07) is 4.62. The quantitative estimate of drug-likeness (QED) is 0.672. The van der Waals surface area contributed by atoms with Crippen LogP contribution < -0.4 is 4.90 Å². The zero-order valence-corrected chi connectivity index (χ0v) is 11.6. The molecule has 1 aromatic carbocycles. The molecule has 106 valence electrons. The number of benzene rings is 1. The summed E-state index contributed by atoms with van der Waals surface area (Å²) < 4.78 is 14.0. The molecule has 1 N–H and O–H groups in total. The van der Waals surface area contributed by atoms with Gasteiger partial charge in [0.15, 0.2) is 0 Å². The lowest BCUT2D eigenvalue weighted by molar-refractivity contribution is -0.134. The molecule has 1 saturated heterocycles. The molecule has 0 spiro atoms. The number of hydrogen-bond acceptors (Lipinski definition) is 5. The van der Waals surface area contributed by atoms with E-state index in [2.05, 4.69) is 22.4 Å². The number of aliphatic imine (C=N–C) groups is 1. The van der Waals surface area contributed by atoms with Crippen LogP contribution in [0.1, 0.15) is 0 Å². The van der Waals surface area contributed by atoms with Gasteiger partial charge >= 0.3 is 0 Å². The first-order chi connectivity index (χ1) is 9.65. The Morgan fingerprint density at radius 2 is 2.10 bits per heavy atom. The van der Waals surface area contributed by atoms with Crippen LogP contribution in [0.4, 0.5) is 15.8 Å². The van der Waals surface area contributed by atoms with E-state index in [-0.39, 0.29) is 11.7 Å². The SMILES string of the molecule is O=C(CO)N1CCN(c2ccc(N=C=S)cc2F)CC1. The summed E-state index contributed by atoms with van der Waals surface area (Å²) in [4.78, 5) is 18.5. The van der Waals surface area contributed by atoms with Crippen molar-refractivity contribution in [3.8, 4) is 0 Å². The van der Waals surface area contributed by atoms with Crippen LogP contribution in [0.2, 0.25) is 0 Å². The van der Waals surface area contributed by atoms with Gasteiger partial charge in [-0.2, -0.15) is 4.99 Å². The zero-order valence-electron chi connectivity index (χ0n) is 10.8. The van der Waals surface area contributed by atoms with E-state index in [1.807, 2.05) is 4.90 Å². The highest BCUT2D eigenvalue weighted by atomic mass is 32.1. The number of hydrogen-bond donors (Lipinski definition) is 1. The molecule has 1 aliphatic rings. The highest BCUT2D eigenvalue weighted by Gasteiger charge is 2.22. The second kappa shape index (κ2) is 6.56. The number of aliphatic hydroxyl groups excluding tert-OH is 1. The van der Waals surface area contributed by atoms with E-state index in [4.69, 9.17) is 5.11 Å². The Morgan fingerprint density at radius 1 is 1.40 bits per heavy atom. The average molecular weight is 295 g/mol. The third-order valence-corrected chi connectivity index (χ3v) is 3.31. The molecule has 0 aliphatic carbocycles. The van der Waals surface area contributed by atoms with Gasteiger partial charge in [0, 0.05) is 32.2 Å². The Hall–Kier alpha value is -1.82. The van der Waals surface area contributed by atoms with Crippen molar-refractivity contribution in [3.63, 3.8) is 0 Å². The van der Waals surface area contributed by atoms with E-state index in [1.165, 1.54) is 6.07 Å². The molecule has 1 aliphatic heterocycles. The maximum absolute atomic E-state index is 14.0. The predicted octanol–water partition coefficient (Wildman–Crippen LogP) is 1.20. The van der Waals surface area contributed by atoms with Crippen molar-refractivity contribution in [3.05, 3.63) is 24.0 Å². The molecule has 1 fully saturated rings. The number of amides is 1. The number of halogens is 1. The van der Waals surface area contributed by atoms with Crippen LogP contribution in [-0.4, -0.2) is 53.9 Å². The van der Waals surface area contributed by atoms with Crippen LogP contribution >= 0.6 is 12.2 Å². The van der Waals surface area contributed by atoms with Crippen LogP contribution in [-0.2, 0) is 4.79 Å². The number of carbonyl (C=O) groups excluding carboxylic acids is 1. The molecule has 2 rings (SSSR count). The summed E-state index contributed by atoms with van der Waals surface area (Å²) in [6.45, 7) is 1.51. The van der Waals surface area contributed by atoms with Crippen molar-refractivity contribution in [1.82, 2.24) is 4.90 Å². The number of piperazine rings is 1. The first-order valence-electron chi connectivity index (χ1n) is 6.16. The second-order valence-corrected chi connectivity index (χ2v) is 4.55. The molecule has 0 unspecified atom stereocenters. The van der Waals surface area contributed by atoms with Crippen molar-refractivity contribution < 1.29 is 14.3 Å². The van der Waals surface area contributed by atoms with Crippen LogP contribution in [0.5, 0.6) is 0 Å². The van der Waals surface area contributed by atoms with Crippen LogP contribution in [0.25, 0.3) is 0 Å². The van der Waals surface area contributed by atoms with Gasteiger partial charge in [0.2, 0.25) is 5.91 Å². The topological polar surface area (TPSA) is 56.1 Å². The third kappa shape index (κ3) is 3.19. The highest BCUT2D eigenvalue weighted by Crippen LogP contribution is 2.25. The van der Waals surface area contributed by atoms with E-state index >= 15 is 0 Å². The summed E-state index contributed by atoms with van der Waals surface area (Å²) in [7, 11) is 0. The Balaban J connectivity index is 2.07. The number of thiocarbonyl (C=S) groups is 1. The molecule has 1 heterocycles. The number of isothiocyanates is 1. The maximum atomic E-state index is 14.0. The predicted molar refractivity (Wildman–Crippen MR) is 77.0 cm³/mol. The molecule has 1 amide bonds. The summed E-state index contributed by atoms with van der Waals surface area (Å²) >= 11 is 4.48. The fraction of sp³-hybridized carbons (Fsp3) is 0.385. The van der Waals surface area contributed by atoms with Gasteiger partial charge in [-0.05, 0) is 24.4 Å². The van der Waals surface area contributed by atoms with Crippen molar-refractivity contribution in [2.24, 2.45) is 4.99 Å². The normalized spacial score (nSPS) is 14.9. The molecule has 1 aromatic rings. The van der Waals surface area contributed by atoms with Gasteiger partial charge in [0.1, 0.15) is 12.4 Å². The van der Waals surface area contributed by atoms with E-state index in [0.29, 0.717) is 37.6 Å². The molecule has 0 aromatic heterocycles. The molecule has 0 radical (unpaired) electrons. The van der Waals surface area contributed by atoms with Gasteiger partial charge in [-0.1, -0.05) is 0 Å². The number of carbonyl (C=O) groups is 1. The Labute approximate surface area is 121 Å². The molecule has 0 saturated carbocycles. The van der Waals surface area contributed by atoms with Crippen LogP contribution in [0.3, 0.4) is 0 Å². The minimum Gasteiger partial charge on any atom is -0.387 e. The minimum absolute atomic E-state index is 0.296. The molecule has 0 bridgehead atoms. The first kappa shape index (κ1) is 14.6. The monoisotopic (exact) mass is 295 g/mol. The largest absolute Gasteiger partial charge is 0.387 e. The lowest BCUT2D eigenvalue weighted by Gasteiger charge is -2.36. The van der Waals surface area contributed by atoms with E-state index in [9.17, 15) is 9.18 Å². The Kier molecular flexibility index (Phi) is 4.79. The first-order valence-corrected chi connectivity index (χ1v) is 6.57. The van der Waals surface area contributed by atoms with Crippen LogP contribution in [0.15, 0.2) is 23.2 Å². The Bertz CT molecular complexity index is 553. The fourth-order valence-corrected chi connectivity index (χ4v) is 2.28. The van der Waals surface area contributed by atoms with Gasteiger partial charge in [-0.3, -0.25) is 4.79 Å². The van der Waals surface area contributed by atoms with Gasteiger partial charge in [-0.15, -0.1) is 0 Å². The highest BCUT2D eigenvalue weighted by molar-refractivity contribution is 7.78. The van der Waals surface area contributed by atoms with E-state index in [0.717, 1.165) is 0 Å². The van der Waals surface area contributed by atoms with Crippen molar-refractivity contribution in [2.45, 2.75) is 0 Å². The maximum Gasteiger partial charge on any atom is 0.248 e. The average Bonchev–Trinajstić information content (AvgIpc) is 2.47. The minimum atomic E-state index is -0.487.